The summed E-state index contributed by atoms with van der Waals surface area (Å²) >= 11 is 1.72. The molecular weight excluding hydrogens is 496 g/mol. The van der Waals surface area contributed by atoms with Crippen molar-refractivity contribution in [2.75, 3.05) is 25.2 Å². The maximum absolute atomic E-state index is 12.4. The summed E-state index contributed by atoms with van der Waals surface area (Å²) in [6, 6.07) is 11.7. The van der Waals surface area contributed by atoms with Gasteiger partial charge in [0.1, 0.15) is 12.1 Å². The number of carbonyl (C=O) groups is 1. The van der Waals surface area contributed by atoms with E-state index in [0.717, 1.165) is 44.6 Å². The zero-order valence-electron chi connectivity index (χ0n) is 22.1. The highest BCUT2D eigenvalue weighted by atomic mass is 32.2. The van der Waals surface area contributed by atoms with Gasteiger partial charge in [0.05, 0.1) is 28.5 Å². The van der Waals surface area contributed by atoms with E-state index in [-0.39, 0.29) is 16.7 Å². The molecule has 9 nitrogen and oxygen atoms in total. The maximum atomic E-state index is 12.4. The Morgan fingerprint density at radius 1 is 1.08 bits per heavy atom. The van der Waals surface area contributed by atoms with Crippen LogP contribution in [0.25, 0.3) is 33.2 Å². The SMILES string of the molecule is CNC(=O)c1ccnc2c(C(CNc3cc(-c4cnc5c(cnn5C(C)(C)C)c4)ncn3)SC)cccc12. The Kier molecular flexibility index (Phi) is 6.98. The number of thioether (sulfide) groups is 1. The summed E-state index contributed by atoms with van der Waals surface area (Å²) in [4.78, 5) is 30.6. The Morgan fingerprint density at radius 2 is 1.92 bits per heavy atom. The van der Waals surface area contributed by atoms with Crippen molar-refractivity contribution in [1.29, 1.82) is 0 Å². The first kappa shape index (κ1) is 25.6. The molecule has 1 aromatic carbocycles. The van der Waals surface area contributed by atoms with E-state index in [1.165, 1.54) is 0 Å². The van der Waals surface area contributed by atoms with Crippen molar-refractivity contribution >= 4 is 45.4 Å². The van der Waals surface area contributed by atoms with E-state index in [1.54, 1.807) is 37.4 Å². The van der Waals surface area contributed by atoms with Crippen molar-refractivity contribution in [3.63, 3.8) is 0 Å². The van der Waals surface area contributed by atoms with E-state index in [0.29, 0.717) is 12.1 Å². The summed E-state index contributed by atoms with van der Waals surface area (Å²) in [5, 5.41) is 12.6. The van der Waals surface area contributed by atoms with Gasteiger partial charge in [0.2, 0.25) is 0 Å². The second-order valence-corrected chi connectivity index (χ2v) is 11.0. The number of rotatable bonds is 7. The first-order valence-corrected chi connectivity index (χ1v) is 13.6. The molecule has 0 spiro atoms. The molecule has 5 rings (SSSR count). The number of nitrogens with one attached hydrogen (secondary N) is 2. The molecule has 194 valence electrons. The minimum Gasteiger partial charge on any atom is -0.368 e. The number of nitrogens with zero attached hydrogens (tertiary/aromatic N) is 6. The number of hydrogen-bond donors (Lipinski definition) is 2. The van der Waals surface area contributed by atoms with Crippen LogP contribution in [0.15, 0.2) is 61.3 Å². The predicted octanol–water partition coefficient (Wildman–Crippen LogP) is 5.07. The number of para-hydroxylation sites is 1. The van der Waals surface area contributed by atoms with Crippen molar-refractivity contribution in [3.8, 4) is 11.3 Å². The molecule has 5 aromatic rings. The Labute approximate surface area is 225 Å². The van der Waals surface area contributed by atoms with Gasteiger partial charge in [0.25, 0.3) is 5.91 Å². The number of fused-ring (bicyclic) bond motifs is 2. The molecule has 4 heterocycles. The third kappa shape index (κ3) is 4.91. The number of pyridine rings is 2. The number of anilines is 1. The van der Waals surface area contributed by atoms with Gasteiger partial charge in [-0.25, -0.2) is 19.6 Å². The van der Waals surface area contributed by atoms with Gasteiger partial charge in [-0.2, -0.15) is 16.9 Å². The highest BCUT2D eigenvalue weighted by Crippen LogP contribution is 2.33. The van der Waals surface area contributed by atoms with Gasteiger partial charge < -0.3 is 10.6 Å². The zero-order valence-corrected chi connectivity index (χ0v) is 22.9. The highest BCUT2D eigenvalue weighted by Gasteiger charge is 2.19. The van der Waals surface area contributed by atoms with Gasteiger partial charge in [-0.05, 0) is 44.7 Å². The smallest absolute Gasteiger partial charge is 0.251 e. The van der Waals surface area contributed by atoms with E-state index < -0.39 is 0 Å². The third-order valence-corrected chi connectivity index (χ3v) is 7.37. The van der Waals surface area contributed by atoms with Gasteiger partial charge in [-0.3, -0.25) is 9.78 Å². The van der Waals surface area contributed by atoms with E-state index in [2.05, 4.69) is 74.8 Å². The fourth-order valence-corrected chi connectivity index (χ4v) is 5.17. The molecule has 2 N–H and O–H groups in total. The first-order valence-electron chi connectivity index (χ1n) is 12.3. The molecule has 10 heteroatoms. The summed E-state index contributed by atoms with van der Waals surface area (Å²) in [6.07, 6.45) is 8.98. The average Bonchev–Trinajstić information content (AvgIpc) is 3.37. The lowest BCUT2D eigenvalue weighted by atomic mass is 10.0. The summed E-state index contributed by atoms with van der Waals surface area (Å²) in [5.74, 6) is 0.596. The third-order valence-electron chi connectivity index (χ3n) is 6.38. The zero-order chi connectivity index (χ0) is 26.9. The van der Waals surface area contributed by atoms with Crippen molar-refractivity contribution in [2.24, 2.45) is 0 Å². The van der Waals surface area contributed by atoms with Gasteiger partial charge in [-0.1, -0.05) is 18.2 Å². The largest absolute Gasteiger partial charge is 0.368 e. The second kappa shape index (κ2) is 10.4. The molecular formula is C28H30N8OS. The molecule has 0 saturated heterocycles. The summed E-state index contributed by atoms with van der Waals surface area (Å²) in [7, 11) is 1.63. The molecule has 0 fully saturated rings. The van der Waals surface area contributed by atoms with Gasteiger partial charge in [0.15, 0.2) is 5.65 Å². The van der Waals surface area contributed by atoms with Crippen LogP contribution in [-0.4, -0.2) is 55.5 Å². The topological polar surface area (TPSA) is 111 Å². The molecule has 0 saturated carbocycles. The van der Waals surface area contributed by atoms with Crippen LogP contribution in [0.4, 0.5) is 5.82 Å². The fraction of sp³-hybridized carbons (Fsp3) is 0.286. The lowest BCUT2D eigenvalue weighted by Gasteiger charge is -2.19. The van der Waals surface area contributed by atoms with Gasteiger partial charge >= 0.3 is 0 Å². The van der Waals surface area contributed by atoms with Crippen LogP contribution in [0.3, 0.4) is 0 Å². The Morgan fingerprint density at radius 3 is 2.68 bits per heavy atom. The highest BCUT2D eigenvalue weighted by molar-refractivity contribution is 7.98. The van der Waals surface area contributed by atoms with E-state index in [4.69, 9.17) is 0 Å². The minimum atomic E-state index is -0.153. The molecule has 1 unspecified atom stereocenters. The van der Waals surface area contributed by atoms with E-state index >= 15 is 0 Å². The lowest BCUT2D eigenvalue weighted by Crippen LogP contribution is -2.23. The second-order valence-electron chi connectivity index (χ2n) is 9.94. The molecule has 4 aromatic heterocycles. The van der Waals surface area contributed by atoms with Crippen molar-refractivity contribution in [2.45, 2.75) is 31.6 Å². The van der Waals surface area contributed by atoms with E-state index in [1.807, 2.05) is 35.3 Å². The van der Waals surface area contributed by atoms with Crippen LogP contribution in [0, 0.1) is 0 Å². The van der Waals surface area contributed by atoms with Crippen LogP contribution in [0.1, 0.15) is 41.9 Å². The number of aromatic nitrogens is 6. The number of amides is 1. The summed E-state index contributed by atoms with van der Waals surface area (Å²) in [5.41, 5.74) is 4.88. The van der Waals surface area contributed by atoms with Crippen LogP contribution in [-0.2, 0) is 5.54 Å². The Balaban J connectivity index is 1.39. The molecule has 0 bridgehead atoms. The van der Waals surface area contributed by atoms with Crippen LogP contribution in [0.5, 0.6) is 0 Å². The lowest BCUT2D eigenvalue weighted by molar-refractivity contribution is 0.0964. The predicted molar refractivity (Wildman–Crippen MR) is 153 cm³/mol. The molecule has 0 aliphatic rings. The molecule has 38 heavy (non-hydrogen) atoms. The van der Waals surface area contributed by atoms with Crippen LogP contribution in [0.2, 0.25) is 0 Å². The standard InChI is InChI=1S/C28H30N8OS/c1-28(2,3)36-26-18(14-35-36)11-17(13-32-26)22-12-24(34-16-33-22)31-15-23(38-5)21-8-6-7-19-20(27(37)29-4)9-10-30-25(19)21/h6-14,16,23H,15H2,1-5H3,(H,29,37)(H,31,33,34). The Bertz CT molecular complexity index is 1620. The quantitative estimate of drug-likeness (QED) is 0.303. The first-order chi connectivity index (χ1) is 18.3. The molecule has 1 atom stereocenters. The normalized spacial score (nSPS) is 12.6. The fourth-order valence-electron chi connectivity index (χ4n) is 4.47. The minimum absolute atomic E-state index is 0.0887. The number of hydrogen-bond acceptors (Lipinski definition) is 8. The Hall–Kier alpha value is -4.05. The van der Waals surface area contributed by atoms with Crippen LogP contribution >= 0.6 is 11.8 Å². The molecule has 0 aliphatic heterocycles. The van der Waals surface area contributed by atoms with Crippen LogP contribution < -0.4 is 10.6 Å². The number of benzene rings is 1. The summed E-state index contributed by atoms with van der Waals surface area (Å²) < 4.78 is 1.93. The molecule has 0 aliphatic carbocycles. The maximum Gasteiger partial charge on any atom is 0.251 e. The number of carbonyl (C=O) groups excluding carboxylic acids is 1. The monoisotopic (exact) mass is 526 g/mol. The van der Waals surface area contributed by atoms with Crippen molar-refractivity contribution in [3.05, 3.63) is 72.4 Å². The van der Waals surface area contributed by atoms with Crippen molar-refractivity contribution < 1.29 is 4.79 Å². The van der Waals surface area contributed by atoms with Gasteiger partial charge in [-0.15, -0.1) is 0 Å². The molecule has 1 amide bonds. The van der Waals surface area contributed by atoms with E-state index in [9.17, 15) is 4.79 Å². The average molecular weight is 527 g/mol. The molecule has 0 radical (unpaired) electrons. The summed E-state index contributed by atoms with van der Waals surface area (Å²) in [6.45, 7) is 6.94. The van der Waals surface area contributed by atoms with Crippen molar-refractivity contribution in [1.82, 2.24) is 35.0 Å². The van der Waals surface area contributed by atoms with Gasteiger partial charge in [0, 0.05) is 53.6 Å².